The fourth-order valence-electron chi connectivity index (χ4n) is 1.81. The van der Waals surface area contributed by atoms with Crippen LogP contribution in [-0.4, -0.2) is 28.1 Å². The standard InChI is InChI=1S/C14H18N4O2S/c1-10(2)18-12(5-8-16-18)17-13(19)6-7-15-14(20)11-4-3-9-21-11/h3-5,8-10H,6-7H2,1-2H3,(H,15,20)(H,17,19). The van der Waals surface area contributed by atoms with Crippen molar-refractivity contribution in [1.82, 2.24) is 15.1 Å². The Morgan fingerprint density at radius 1 is 1.38 bits per heavy atom. The minimum absolute atomic E-state index is 0.148. The first-order chi connectivity index (χ1) is 10.1. The fourth-order valence-corrected chi connectivity index (χ4v) is 2.45. The van der Waals surface area contributed by atoms with Gasteiger partial charge in [0, 0.05) is 25.1 Å². The maximum atomic E-state index is 11.9. The first-order valence-corrected chi connectivity index (χ1v) is 7.61. The fraction of sp³-hybridized carbons (Fsp3) is 0.357. The van der Waals surface area contributed by atoms with E-state index in [1.54, 1.807) is 23.0 Å². The predicted octanol–water partition coefficient (Wildman–Crippen LogP) is 2.28. The summed E-state index contributed by atoms with van der Waals surface area (Å²) in [5, 5.41) is 11.5. The Bertz CT molecular complexity index is 604. The number of aromatic nitrogens is 2. The molecular weight excluding hydrogens is 288 g/mol. The van der Waals surface area contributed by atoms with Gasteiger partial charge in [-0.25, -0.2) is 4.68 Å². The number of rotatable bonds is 6. The molecule has 0 aliphatic rings. The minimum atomic E-state index is -0.149. The van der Waals surface area contributed by atoms with Gasteiger partial charge in [-0.15, -0.1) is 11.3 Å². The Morgan fingerprint density at radius 2 is 2.19 bits per heavy atom. The third-order valence-corrected chi connectivity index (χ3v) is 3.68. The molecule has 0 saturated carbocycles. The van der Waals surface area contributed by atoms with E-state index in [1.165, 1.54) is 11.3 Å². The average molecular weight is 306 g/mol. The molecule has 0 radical (unpaired) electrons. The second-order valence-electron chi connectivity index (χ2n) is 4.79. The molecule has 0 spiro atoms. The normalized spacial score (nSPS) is 10.6. The van der Waals surface area contributed by atoms with Crippen molar-refractivity contribution in [2.24, 2.45) is 0 Å². The highest BCUT2D eigenvalue weighted by molar-refractivity contribution is 7.12. The number of anilines is 1. The number of nitrogens with zero attached hydrogens (tertiary/aromatic N) is 2. The molecule has 2 heterocycles. The molecule has 7 heteroatoms. The highest BCUT2D eigenvalue weighted by Gasteiger charge is 2.10. The van der Waals surface area contributed by atoms with Gasteiger partial charge in [-0.3, -0.25) is 9.59 Å². The molecule has 0 aliphatic carbocycles. The van der Waals surface area contributed by atoms with Crippen LogP contribution < -0.4 is 10.6 Å². The van der Waals surface area contributed by atoms with Crippen molar-refractivity contribution in [2.75, 3.05) is 11.9 Å². The number of hydrogen-bond acceptors (Lipinski definition) is 4. The maximum Gasteiger partial charge on any atom is 0.261 e. The lowest BCUT2D eigenvalue weighted by Crippen LogP contribution is -2.27. The van der Waals surface area contributed by atoms with Gasteiger partial charge in [-0.2, -0.15) is 5.10 Å². The Labute approximate surface area is 127 Å². The second-order valence-corrected chi connectivity index (χ2v) is 5.73. The predicted molar refractivity (Wildman–Crippen MR) is 82.5 cm³/mol. The number of hydrogen-bond donors (Lipinski definition) is 2. The van der Waals surface area contributed by atoms with Crippen LogP contribution >= 0.6 is 11.3 Å². The molecule has 0 bridgehead atoms. The van der Waals surface area contributed by atoms with Crippen LogP contribution in [0.2, 0.25) is 0 Å². The summed E-state index contributed by atoms with van der Waals surface area (Å²) in [6.45, 7) is 4.28. The van der Waals surface area contributed by atoms with E-state index >= 15 is 0 Å². The van der Waals surface area contributed by atoms with Gasteiger partial charge >= 0.3 is 0 Å². The molecule has 21 heavy (non-hydrogen) atoms. The van der Waals surface area contributed by atoms with E-state index in [1.807, 2.05) is 25.3 Å². The number of nitrogens with one attached hydrogen (secondary N) is 2. The Balaban J connectivity index is 1.77. The van der Waals surface area contributed by atoms with Crippen LogP contribution in [0.15, 0.2) is 29.8 Å². The van der Waals surface area contributed by atoms with Crippen molar-refractivity contribution < 1.29 is 9.59 Å². The topological polar surface area (TPSA) is 76.0 Å². The van der Waals surface area contributed by atoms with Crippen LogP contribution in [0.5, 0.6) is 0 Å². The lowest BCUT2D eigenvalue weighted by Gasteiger charge is -2.11. The Morgan fingerprint density at radius 3 is 2.86 bits per heavy atom. The number of carbonyl (C=O) groups excluding carboxylic acids is 2. The Kier molecular flexibility index (Phi) is 5.10. The number of thiophene rings is 1. The summed E-state index contributed by atoms with van der Waals surface area (Å²) < 4.78 is 1.74. The zero-order valence-corrected chi connectivity index (χ0v) is 12.8. The largest absolute Gasteiger partial charge is 0.351 e. The van der Waals surface area contributed by atoms with Gasteiger partial charge in [0.1, 0.15) is 5.82 Å². The summed E-state index contributed by atoms with van der Waals surface area (Å²) in [5.74, 6) is 0.369. The molecule has 0 aromatic carbocycles. The number of carbonyl (C=O) groups is 2. The van der Waals surface area contributed by atoms with Crippen molar-refractivity contribution in [1.29, 1.82) is 0 Å². The summed E-state index contributed by atoms with van der Waals surface area (Å²) in [7, 11) is 0. The van der Waals surface area contributed by atoms with E-state index in [4.69, 9.17) is 0 Å². The maximum absolute atomic E-state index is 11.9. The van der Waals surface area contributed by atoms with E-state index in [2.05, 4.69) is 15.7 Å². The van der Waals surface area contributed by atoms with Crippen molar-refractivity contribution in [3.05, 3.63) is 34.7 Å². The lowest BCUT2D eigenvalue weighted by atomic mass is 10.3. The molecule has 2 rings (SSSR count). The van der Waals surface area contributed by atoms with Crippen molar-refractivity contribution in [3.8, 4) is 0 Å². The molecule has 2 amide bonds. The monoisotopic (exact) mass is 306 g/mol. The van der Waals surface area contributed by atoms with Gasteiger partial charge in [0.25, 0.3) is 5.91 Å². The van der Waals surface area contributed by atoms with Gasteiger partial charge in [-0.05, 0) is 25.3 Å². The van der Waals surface area contributed by atoms with E-state index in [0.717, 1.165) is 0 Å². The van der Waals surface area contributed by atoms with E-state index in [9.17, 15) is 9.59 Å². The van der Waals surface area contributed by atoms with Crippen LogP contribution in [0.25, 0.3) is 0 Å². The van der Waals surface area contributed by atoms with Crippen LogP contribution in [-0.2, 0) is 4.79 Å². The van der Waals surface area contributed by atoms with Crippen molar-refractivity contribution in [3.63, 3.8) is 0 Å². The summed E-state index contributed by atoms with van der Waals surface area (Å²) in [6, 6.07) is 5.50. The zero-order chi connectivity index (χ0) is 15.2. The molecule has 112 valence electrons. The van der Waals surface area contributed by atoms with Gasteiger partial charge in [0.15, 0.2) is 0 Å². The third kappa shape index (κ3) is 4.16. The third-order valence-electron chi connectivity index (χ3n) is 2.81. The van der Waals surface area contributed by atoms with Crippen LogP contribution in [0.1, 0.15) is 36.0 Å². The molecule has 0 unspecified atom stereocenters. The average Bonchev–Trinajstić information content (AvgIpc) is 3.09. The van der Waals surface area contributed by atoms with Crippen molar-refractivity contribution >= 4 is 29.0 Å². The zero-order valence-electron chi connectivity index (χ0n) is 12.0. The van der Waals surface area contributed by atoms with E-state index < -0.39 is 0 Å². The lowest BCUT2D eigenvalue weighted by molar-refractivity contribution is -0.116. The van der Waals surface area contributed by atoms with Crippen molar-refractivity contribution in [2.45, 2.75) is 26.3 Å². The number of amides is 2. The van der Waals surface area contributed by atoms with Crippen LogP contribution in [0, 0.1) is 0 Å². The summed E-state index contributed by atoms with van der Waals surface area (Å²) >= 11 is 1.37. The first kappa shape index (κ1) is 15.2. The molecule has 2 aromatic heterocycles. The van der Waals surface area contributed by atoms with Gasteiger partial charge in [0.2, 0.25) is 5.91 Å². The molecule has 0 fully saturated rings. The SMILES string of the molecule is CC(C)n1nccc1NC(=O)CCNC(=O)c1cccs1. The molecule has 2 aromatic rings. The summed E-state index contributed by atoms with van der Waals surface area (Å²) in [6.07, 6.45) is 1.87. The summed E-state index contributed by atoms with van der Waals surface area (Å²) in [5.41, 5.74) is 0. The highest BCUT2D eigenvalue weighted by Crippen LogP contribution is 2.13. The molecule has 2 N–H and O–H groups in total. The first-order valence-electron chi connectivity index (χ1n) is 6.73. The van der Waals surface area contributed by atoms with E-state index in [0.29, 0.717) is 17.2 Å². The van der Waals surface area contributed by atoms with Gasteiger partial charge in [-0.1, -0.05) is 6.07 Å². The smallest absolute Gasteiger partial charge is 0.261 e. The molecule has 0 aliphatic heterocycles. The van der Waals surface area contributed by atoms with Crippen LogP contribution in [0.3, 0.4) is 0 Å². The highest BCUT2D eigenvalue weighted by atomic mass is 32.1. The molecule has 0 saturated heterocycles. The van der Waals surface area contributed by atoms with E-state index in [-0.39, 0.29) is 24.3 Å². The quantitative estimate of drug-likeness (QED) is 0.859. The summed E-state index contributed by atoms with van der Waals surface area (Å²) in [4.78, 5) is 24.2. The molecule has 0 atom stereocenters. The molecule has 6 nitrogen and oxygen atoms in total. The minimum Gasteiger partial charge on any atom is -0.351 e. The van der Waals surface area contributed by atoms with Gasteiger partial charge < -0.3 is 10.6 Å². The van der Waals surface area contributed by atoms with Gasteiger partial charge in [0.05, 0.1) is 11.1 Å². The Hall–Kier alpha value is -2.15. The second kappa shape index (κ2) is 7.03. The molecular formula is C14H18N4O2S. The van der Waals surface area contributed by atoms with Crippen LogP contribution in [0.4, 0.5) is 5.82 Å².